The zero-order valence-corrected chi connectivity index (χ0v) is 19.7. The Hall–Kier alpha value is -3.35. The lowest BCUT2D eigenvalue weighted by atomic mass is 9.95. The number of carbonyl (C=O) groups excluding carboxylic acids is 3. The van der Waals surface area contributed by atoms with Gasteiger partial charge in [-0.15, -0.1) is 0 Å². The minimum Gasteiger partial charge on any atom is -0.376 e. The normalized spacial score (nSPS) is 14.3. The van der Waals surface area contributed by atoms with Crippen LogP contribution in [0.3, 0.4) is 0 Å². The van der Waals surface area contributed by atoms with E-state index in [9.17, 15) is 14.4 Å². The van der Waals surface area contributed by atoms with Crippen LogP contribution in [-0.2, 0) is 4.79 Å². The van der Waals surface area contributed by atoms with Crippen molar-refractivity contribution < 1.29 is 14.4 Å². The Bertz CT molecular complexity index is 991. The SMILES string of the molecule is CC(C)(C)NC(=O)c1cccc(NC(=O)CNc2cccc(C(=O)NC3CCCCC3)c2)c1. The molecule has 3 amide bonds. The molecule has 0 spiro atoms. The highest BCUT2D eigenvalue weighted by atomic mass is 16.2. The van der Waals surface area contributed by atoms with Gasteiger partial charge in [-0.3, -0.25) is 14.4 Å². The molecule has 1 aliphatic carbocycles. The van der Waals surface area contributed by atoms with Gasteiger partial charge in [0.15, 0.2) is 0 Å². The van der Waals surface area contributed by atoms with Gasteiger partial charge in [0.2, 0.25) is 5.91 Å². The molecule has 0 saturated heterocycles. The van der Waals surface area contributed by atoms with Crippen molar-refractivity contribution in [3.63, 3.8) is 0 Å². The van der Waals surface area contributed by atoms with E-state index in [-0.39, 0.29) is 35.8 Å². The summed E-state index contributed by atoms with van der Waals surface area (Å²) in [4.78, 5) is 37.3. The molecular formula is C26H34N4O3. The first-order chi connectivity index (χ1) is 15.7. The predicted octanol–water partition coefficient (Wildman–Crippen LogP) is 4.33. The van der Waals surface area contributed by atoms with E-state index in [1.54, 1.807) is 42.5 Å². The minimum atomic E-state index is -0.345. The van der Waals surface area contributed by atoms with Crippen molar-refractivity contribution in [2.24, 2.45) is 0 Å². The van der Waals surface area contributed by atoms with Crippen LogP contribution >= 0.6 is 0 Å². The highest BCUT2D eigenvalue weighted by Gasteiger charge is 2.17. The highest BCUT2D eigenvalue weighted by molar-refractivity contribution is 5.98. The lowest BCUT2D eigenvalue weighted by molar-refractivity contribution is -0.114. The summed E-state index contributed by atoms with van der Waals surface area (Å²) in [6.07, 6.45) is 5.62. The van der Waals surface area contributed by atoms with Crippen LogP contribution in [0.5, 0.6) is 0 Å². The van der Waals surface area contributed by atoms with Gasteiger partial charge in [0.05, 0.1) is 6.54 Å². The third-order valence-electron chi connectivity index (χ3n) is 5.42. The fourth-order valence-corrected chi connectivity index (χ4v) is 3.82. The molecule has 0 heterocycles. The standard InChI is InChI=1S/C26H34N4O3/c1-26(2,3)30-25(33)19-10-8-14-22(16-19)28-23(31)17-27-21-13-7-9-18(15-21)24(32)29-20-11-5-4-6-12-20/h7-10,13-16,20,27H,4-6,11-12,17H2,1-3H3,(H,28,31)(H,29,32)(H,30,33). The fraction of sp³-hybridized carbons (Fsp3) is 0.423. The van der Waals surface area contributed by atoms with Crippen LogP contribution in [0.25, 0.3) is 0 Å². The van der Waals surface area contributed by atoms with Crippen molar-refractivity contribution in [3.8, 4) is 0 Å². The van der Waals surface area contributed by atoms with Gasteiger partial charge in [-0.1, -0.05) is 31.4 Å². The molecule has 3 rings (SSSR count). The van der Waals surface area contributed by atoms with Crippen molar-refractivity contribution in [2.75, 3.05) is 17.2 Å². The third kappa shape index (κ3) is 7.93. The first kappa shape index (κ1) is 24.3. The van der Waals surface area contributed by atoms with Gasteiger partial charge in [0, 0.05) is 34.1 Å². The molecule has 0 radical (unpaired) electrons. The van der Waals surface area contributed by atoms with Gasteiger partial charge < -0.3 is 21.3 Å². The maximum Gasteiger partial charge on any atom is 0.251 e. The number of nitrogens with one attached hydrogen (secondary N) is 4. The number of hydrogen-bond acceptors (Lipinski definition) is 4. The van der Waals surface area contributed by atoms with Gasteiger partial charge in [0.1, 0.15) is 0 Å². The van der Waals surface area contributed by atoms with Crippen molar-refractivity contribution >= 4 is 29.1 Å². The molecule has 0 aliphatic heterocycles. The Balaban J connectivity index is 1.53. The number of hydrogen-bond donors (Lipinski definition) is 4. The molecule has 0 aromatic heterocycles. The Labute approximate surface area is 195 Å². The first-order valence-corrected chi connectivity index (χ1v) is 11.6. The summed E-state index contributed by atoms with van der Waals surface area (Å²) in [5.74, 6) is -0.527. The maximum atomic E-state index is 12.6. The Morgan fingerprint density at radius 2 is 1.45 bits per heavy atom. The maximum absolute atomic E-state index is 12.6. The zero-order chi connectivity index (χ0) is 23.8. The van der Waals surface area contributed by atoms with Crippen molar-refractivity contribution in [3.05, 3.63) is 59.7 Å². The Morgan fingerprint density at radius 3 is 2.12 bits per heavy atom. The van der Waals surface area contributed by atoms with Crippen molar-refractivity contribution in [1.29, 1.82) is 0 Å². The largest absolute Gasteiger partial charge is 0.376 e. The number of amides is 3. The monoisotopic (exact) mass is 450 g/mol. The molecule has 1 saturated carbocycles. The third-order valence-corrected chi connectivity index (χ3v) is 5.42. The van der Waals surface area contributed by atoms with Gasteiger partial charge in [0.25, 0.3) is 11.8 Å². The van der Waals surface area contributed by atoms with Crippen molar-refractivity contribution in [1.82, 2.24) is 10.6 Å². The van der Waals surface area contributed by atoms with Crippen LogP contribution in [-0.4, -0.2) is 35.8 Å². The minimum absolute atomic E-state index is 0.0338. The van der Waals surface area contributed by atoms with Gasteiger partial charge in [-0.2, -0.15) is 0 Å². The lowest BCUT2D eigenvalue weighted by Crippen LogP contribution is -2.40. The van der Waals surface area contributed by atoms with E-state index < -0.39 is 0 Å². The molecule has 1 fully saturated rings. The first-order valence-electron chi connectivity index (χ1n) is 11.6. The summed E-state index contributed by atoms with van der Waals surface area (Å²) in [5, 5.41) is 11.9. The number of anilines is 2. The molecule has 4 N–H and O–H groups in total. The smallest absolute Gasteiger partial charge is 0.251 e. The molecule has 7 nitrogen and oxygen atoms in total. The quantitative estimate of drug-likeness (QED) is 0.505. The van der Waals surface area contributed by atoms with Gasteiger partial charge >= 0.3 is 0 Å². The van der Waals surface area contributed by atoms with Gasteiger partial charge in [-0.25, -0.2) is 0 Å². The molecule has 176 valence electrons. The number of rotatable bonds is 7. The van der Waals surface area contributed by atoms with E-state index in [1.165, 1.54) is 6.42 Å². The van der Waals surface area contributed by atoms with Crippen LogP contribution in [0.4, 0.5) is 11.4 Å². The Kier molecular flexibility index (Phi) is 8.09. The molecule has 0 atom stereocenters. The van der Waals surface area contributed by atoms with Gasteiger partial charge in [-0.05, 0) is 70.0 Å². The second-order valence-electron chi connectivity index (χ2n) is 9.58. The zero-order valence-electron chi connectivity index (χ0n) is 19.7. The summed E-state index contributed by atoms with van der Waals surface area (Å²) in [6, 6.07) is 14.2. The summed E-state index contributed by atoms with van der Waals surface area (Å²) in [7, 11) is 0. The highest BCUT2D eigenvalue weighted by Crippen LogP contribution is 2.18. The molecule has 2 aromatic carbocycles. The molecule has 1 aliphatic rings. The molecular weight excluding hydrogens is 416 g/mol. The second-order valence-corrected chi connectivity index (χ2v) is 9.58. The average molecular weight is 451 g/mol. The summed E-state index contributed by atoms with van der Waals surface area (Å²) >= 11 is 0. The second kappa shape index (κ2) is 11.0. The summed E-state index contributed by atoms with van der Waals surface area (Å²) in [5.41, 5.74) is 1.95. The topological polar surface area (TPSA) is 99.3 Å². The van der Waals surface area contributed by atoms with Crippen LogP contribution < -0.4 is 21.3 Å². The molecule has 0 unspecified atom stereocenters. The van der Waals surface area contributed by atoms with Crippen LogP contribution in [0.2, 0.25) is 0 Å². The van der Waals surface area contributed by atoms with E-state index in [1.807, 2.05) is 26.8 Å². The van der Waals surface area contributed by atoms with Crippen molar-refractivity contribution in [2.45, 2.75) is 64.5 Å². The van der Waals surface area contributed by atoms with Crippen LogP contribution in [0, 0.1) is 0 Å². The van der Waals surface area contributed by atoms with E-state index in [0.717, 1.165) is 25.7 Å². The van der Waals surface area contributed by atoms with Crippen LogP contribution in [0.15, 0.2) is 48.5 Å². The van der Waals surface area contributed by atoms with E-state index in [2.05, 4.69) is 21.3 Å². The Morgan fingerprint density at radius 1 is 0.848 bits per heavy atom. The predicted molar refractivity (Wildman–Crippen MR) is 132 cm³/mol. The summed E-state index contributed by atoms with van der Waals surface area (Å²) in [6.45, 7) is 5.77. The fourth-order valence-electron chi connectivity index (χ4n) is 3.82. The molecule has 33 heavy (non-hydrogen) atoms. The number of benzene rings is 2. The molecule has 7 heteroatoms. The number of carbonyl (C=O) groups is 3. The lowest BCUT2D eigenvalue weighted by Gasteiger charge is -2.22. The van der Waals surface area contributed by atoms with E-state index in [0.29, 0.717) is 22.5 Å². The molecule has 2 aromatic rings. The molecule has 0 bridgehead atoms. The van der Waals surface area contributed by atoms with E-state index >= 15 is 0 Å². The summed E-state index contributed by atoms with van der Waals surface area (Å²) < 4.78 is 0. The van der Waals surface area contributed by atoms with E-state index in [4.69, 9.17) is 0 Å². The van der Waals surface area contributed by atoms with Crippen LogP contribution in [0.1, 0.15) is 73.6 Å². The average Bonchev–Trinajstić information content (AvgIpc) is 2.77.